The summed E-state index contributed by atoms with van der Waals surface area (Å²) in [6.07, 6.45) is 4.30. The van der Waals surface area contributed by atoms with Crippen molar-refractivity contribution in [1.29, 1.82) is 0 Å². The summed E-state index contributed by atoms with van der Waals surface area (Å²) in [4.78, 5) is 0. The Labute approximate surface area is 164 Å². The number of aryl methyl sites for hydroxylation is 1. The fourth-order valence-corrected chi connectivity index (χ4v) is 3.40. The molecule has 1 aromatic carbocycles. The highest BCUT2D eigenvalue weighted by molar-refractivity contribution is 5.85. The molecule has 150 valence electrons. The van der Waals surface area contributed by atoms with Gasteiger partial charge in [0.05, 0.1) is 11.3 Å². The summed E-state index contributed by atoms with van der Waals surface area (Å²) < 4.78 is 34.5. The number of hydrogen-bond donors (Lipinski definition) is 2. The second kappa shape index (κ2) is 9.48. The van der Waals surface area contributed by atoms with E-state index < -0.39 is 17.2 Å². The topological polar surface area (TPSA) is 59.3 Å². The second-order valence-corrected chi connectivity index (χ2v) is 6.93. The Morgan fingerprint density at radius 2 is 2.00 bits per heavy atom. The van der Waals surface area contributed by atoms with Crippen LogP contribution in [0.1, 0.15) is 43.4 Å². The average molecular weight is 402 g/mol. The van der Waals surface area contributed by atoms with Gasteiger partial charge in [0, 0.05) is 24.7 Å². The van der Waals surface area contributed by atoms with Gasteiger partial charge in [0.15, 0.2) is 0 Å². The van der Waals surface area contributed by atoms with E-state index in [0.29, 0.717) is 25.4 Å². The van der Waals surface area contributed by atoms with E-state index in [1.807, 2.05) is 7.05 Å². The number of nitrogens with zero attached hydrogens (tertiary/aromatic N) is 2. The number of aromatic nitrogens is 2. The van der Waals surface area contributed by atoms with Crippen molar-refractivity contribution in [1.82, 2.24) is 15.1 Å². The highest BCUT2D eigenvalue weighted by Gasteiger charge is 2.31. The van der Waals surface area contributed by atoms with Crippen LogP contribution in [0.25, 0.3) is 0 Å². The molecule has 27 heavy (non-hydrogen) atoms. The van der Waals surface area contributed by atoms with Crippen LogP contribution in [0, 0.1) is 11.6 Å². The van der Waals surface area contributed by atoms with Crippen LogP contribution in [0.5, 0.6) is 5.88 Å². The van der Waals surface area contributed by atoms with Crippen molar-refractivity contribution in [3.8, 4) is 5.88 Å². The average Bonchev–Trinajstić information content (AvgIpc) is 3.21. The Hall–Kier alpha value is -1.70. The van der Waals surface area contributed by atoms with Gasteiger partial charge in [-0.05, 0) is 44.5 Å². The first kappa shape index (κ1) is 21.6. The lowest BCUT2D eigenvalue weighted by molar-refractivity contribution is 0.0326. The largest absolute Gasteiger partial charge is 0.473 e. The zero-order valence-electron chi connectivity index (χ0n) is 15.4. The van der Waals surface area contributed by atoms with E-state index in [1.165, 1.54) is 0 Å². The van der Waals surface area contributed by atoms with Gasteiger partial charge in [-0.2, -0.15) is 5.10 Å². The number of halogens is 3. The highest BCUT2D eigenvalue weighted by Crippen LogP contribution is 2.33. The van der Waals surface area contributed by atoms with Crippen molar-refractivity contribution in [3.05, 3.63) is 47.2 Å². The predicted molar refractivity (Wildman–Crippen MR) is 101 cm³/mol. The van der Waals surface area contributed by atoms with Crippen molar-refractivity contribution in [2.75, 3.05) is 7.05 Å². The lowest BCUT2D eigenvalue weighted by Gasteiger charge is -2.22. The van der Waals surface area contributed by atoms with Gasteiger partial charge in [-0.25, -0.2) is 13.5 Å². The minimum atomic E-state index is -0.638. The molecule has 3 rings (SSSR count). The van der Waals surface area contributed by atoms with Crippen LogP contribution < -0.4 is 10.1 Å². The molecule has 0 amide bonds. The van der Waals surface area contributed by atoms with E-state index >= 15 is 0 Å². The number of ether oxygens (including phenoxy) is 1. The fourth-order valence-electron chi connectivity index (χ4n) is 3.40. The smallest absolute Gasteiger partial charge is 0.212 e. The Morgan fingerprint density at radius 3 is 2.70 bits per heavy atom. The number of aliphatic hydroxyl groups is 1. The van der Waals surface area contributed by atoms with E-state index in [4.69, 9.17) is 4.74 Å². The first-order valence-corrected chi connectivity index (χ1v) is 8.99. The summed E-state index contributed by atoms with van der Waals surface area (Å²) in [5.41, 5.74) is 0.309. The van der Waals surface area contributed by atoms with Gasteiger partial charge in [-0.15, -0.1) is 12.4 Å². The SMILES string of the molecule is CNCc1cc(OCc2cc(F)ccc2F)n(CCC2(O)CCCC2)n1.Cl. The van der Waals surface area contributed by atoms with Gasteiger partial charge in [-0.1, -0.05) is 12.8 Å². The van der Waals surface area contributed by atoms with Crippen LogP contribution >= 0.6 is 12.4 Å². The summed E-state index contributed by atoms with van der Waals surface area (Å²) in [6.45, 7) is 1.00. The molecule has 5 nitrogen and oxygen atoms in total. The molecule has 0 spiro atoms. The third kappa shape index (κ3) is 5.64. The molecule has 1 fully saturated rings. The van der Waals surface area contributed by atoms with Gasteiger partial charge >= 0.3 is 0 Å². The Morgan fingerprint density at radius 1 is 1.26 bits per heavy atom. The third-order valence-electron chi connectivity index (χ3n) is 4.86. The lowest BCUT2D eigenvalue weighted by atomic mass is 9.98. The number of rotatable bonds is 8. The molecule has 0 unspecified atom stereocenters. The number of hydrogen-bond acceptors (Lipinski definition) is 4. The van der Waals surface area contributed by atoms with E-state index in [-0.39, 0.29) is 24.6 Å². The molecule has 0 saturated heterocycles. The van der Waals surface area contributed by atoms with E-state index in [1.54, 1.807) is 10.7 Å². The lowest BCUT2D eigenvalue weighted by Crippen LogP contribution is -2.26. The molecule has 0 atom stereocenters. The van der Waals surface area contributed by atoms with Crippen LogP contribution in [0.3, 0.4) is 0 Å². The normalized spacial score (nSPS) is 15.6. The minimum absolute atomic E-state index is 0. The van der Waals surface area contributed by atoms with Crippen LogP contribution in [0.4, 0.5) is 8.78 Å². The Bertz CT molecular complexity index is 749. The zero-order valence-corrected chi connectivity index (χ0v) is 16.2. The molecule has 1 aliphatic carbocycles. The van der Waals surface area contributed by atoms with Gasteiger partial charge in [0.1, 0.15) is 18.2 Å². The molecular formula is C19H26ClF2N3O2. The number of benzene rings is 1. The molecule has 0 aliphatic heterocycles. The maximum atomic E-state index is 13.8. The maximum Gasteiger partial charge on any atom is 0.212 e. The standard InChI is InChI=1S/C19H25F2N3O2.ClH/c1-22-12-16-11-18(26-13-14-10-15(20)4-5-17(14)21)24(23-16)9-8-19(25)6-2-3-7-19;/h4-5,10-11,22,25H,2-3,6-9,12-13H2,1H3;1H. The molecule has 0 bridgehead atoms. The predicted octanol–water partition coefficient (Wildman–Crippen LogP) is 3.58. The summed E-state index contributed by atoms with van der Waals surface area (Å²) in [5, 5.41) is 18.1. The van der Waals surface area contributed by atoms with Crippen LogP contribution in [0.2, 0.25) is 0 Å². The quantitative estimate of drug-likeness (QED) is 0.709. The molecule has 1 aliphatic rings. The summed E-state index contributed by atoms with van der Waals surface area (Å²) in [6, 6.07) is 5.09. The summed E-state index contributed by atoms with van der Waals surface area (Å²) in [7, 11) is 1.82. The molecule has 1 heterocycles. The van der Waals surface area contributed by atoms with Crippen molar-refractivity contribution >= 4 is 12.4 Å². The fraction of sp³-hybridized carbons (Fsp3) is 0.526. The second-order valence-electron chi connectivity index (χ2n) is 6.93. The zero-order chi connectivity index (χ0) is 18.6. The molecule has 2 N–H and O–H groups in total. The van der Waals surface area contributed by atoms with Gasteiger partial charge in [-0.3, -0.25) is 0 Å². The van der Waals surface area contributed by atoms with E-state index in [9.17, 15) is 13.9 Å². The minimum Gasteiger partial charge on any atom is -0.473 e. The first-order valence-electron chi connectivity index (χ1n) is 8.99. The molecule has 1 saturated carbocycles. The Kier molecular flexibility index (Phi) is 7.59. The van der Waals surface area contributed by atoms with Crippen LogP contribution in [-0.4, -0.2) is 27.5 Å². The van der Waals surface area contributed by atoms with Gasteiger partial charge in [0.2, 0.25) is 5.88 Å². The van der Waals surface area contributed by atoms with Crippen molar-refractivity contribution in [2.45, 2.75) is 57.4 Å². The van der Waals surface area contributed by atoms with Crippen LogP contribution in [0.15, 0.2) is 24.3 Å². The third-order valence-corrected chi connectivity index (χ3v) is 4.86. The van der Waals surface area contributed by atoms with Crippen molar-refractivity contribution in [2.24, 2.45) is 0 Å². The van der Waals surface area contributed by atoms with Crippen LogP contribution in [-0.2, 0) is 19.7 Å². The summed E-state index contributed by atoms with van der Waals surface area (Å²) in [5.74, 6) is -0.522. The maximum absolute atomic E-state index is 13.8. The van der Waals surface area contributed by atoms with Crippen molar-refractivity contribution < 1.29 is 18.6 Å². The monoisotopic (exact) mass is 401 g/mol. The molecular weight excluding hydrogens is 376 g/mol. The Balaban J connectivity index is 0.00000261. The van der Waals surface area contributed by atoms with Crippen molar-refractivity contribution in [3.63, 3.8) is 0 Å². The van der Waals surface area contributed by atoms with Gasteiger partial charge < -0.3 is 15.2 Å². The van der Waals surface area contributed by atoms with Gasteiger partial charge in [0.25, 0.3) is 0 Å². The van der Waals surface area contributed by atoms with E-state index in [0.717, 1.165) is 49.6 Å². The number of nitrogens with one attached hydrogen (secondary N) is 1. The summed E-state index contributed by atoms with van der Waals surface area (Å²) >= 11 is 0. The molecule has 0 radical (unpaired) electrons. The molecule has 8 heteroatoms. The molecule has 2 aromatic rings. The first-order chi connectivity index (χ1) is 12.5. The highest BCUT2D eigenvalue weighted by atomic mass is 35.5. The molecule has 1 aromatic heterocycles. The van der Waals surface area contributed by atoms with E-state index in [2.05, 4.69) is 10.4 Å².